The van der Waals surface area contributed by atoms with Crippen molar-refractivity contribution in [2.24, 2.45) is 17.8 Å². The van der Waals surface area contributed by atoms with Gasteiger partial charge in [0.15, 0.2) is 22.8 Å². The van der Waals surface area contributed by atoms with Crippen molar-refractivity contribution in [3.63, 3.8) is 0 Å². The lowest BCUT2D eigenvalue weighted by Crippen LogP contribution is -2.82. The maximum atomic E-state index is 17.3. The molecule has 82 heavy (non-hydrogen) atoms. The number of hydrogen-bond acceptors (Lipinski definition) is 13. The molecule has 3 saturated carbocycles. The third-order valence-corrected chi connectivity index (χ3v) is 19.5. The number of carbonyl (C=O) groups excluding carboxylic acids is 3. The van der Waals surface area contributed by atoms with Crippen LogP contribution in [0.2, 0.25) is 0 Å². The molecule has 5 aromatic carbocycles. The van der Waals surface area contributed by atoms with Gasteiger partial charge in [-0.3, -0.25) is 19.3 Å². The highest BCUT2D eigenvalue weighted by Gasteiger charge is 2.86. The molecule has 14 nitrogen and oxygen atoms in total. The van der Waals surface area contributed by atoms with Crippen LogP contribution in [0, 0.1) is 17.8 Å². The van der Waals surface area contributed by atoms with E-state index in [9.17, 15) is 25.2 Å². The van der Waals surface area contributed by atoms with Gasteiger partial charge in [0, 0.05) is 61.6 Å². The van der Waals surface area contributed by atoms with Gasteiger partial charge in [-0.1, -0.05) is 102 Å². The zero-order valence-electron chi connectivity index (χ0n) is 48.0. The molecule has 0 aromatic heterocycles. The Hall–Kier alpha value is -6.49. The largest absolute Gasteiger partial charge is 0.482 e. The molecule has 428 valence electrons. The Morgan fingerprint density at radius 3 is 1.96 bits per heavy atom. The monoisotopic (exact) mass is 1110 g/mol. The first-order valence-electron chi connectivity index (χ1n) is 29.2. The number of carbonyl (C=O) groups is 3. The van der Waals surface area contributed by atoms with Crippen molar-refractivity contribution in [3.8, 4) is 17.2 Å². The molecule has 5 fully saturated rings. The van der Waals surface area contributed by atoms with Crippen LogP contribution in [0.5, 0.6) is 17.2 Å². The number of nitrogens with zero attached hydrogens (tertiary/aromatic N) is 2. The summed E-state index contributed by atoms with van der Waals surface area (Å²) in [5.41, 5.74) is 2.52. The van der Waals surface area contributed by atoms with Crippen molar-refractivity contribution in [1.29, 1.82) is 0 Å². The summed E-state index contributed by atoms with van der Waals surface area (Å²) < 4.78 is 35.7. The number of Topliss-reactive ketones (excluding diaryl/α,β-unsaturated/α-hetero) is 2. The molecule has 2 saturated heterocycles. The van der Waals surface area contributed by atoms with Gasteiger partial charge in [-0.05, 0) is 137 Å². The molecule has 1 spiro atoms. The molecule has 1 amide bonds. The Morgan fingerprint density at radius 2 is 1.37 bits per heavy atom. The second kappa shape index (κ2) is 19.8. The molecular weight excluding hydrogens is 1040 g/mol. The summed E-state index contributed by atoms with van der Waals surface area (Å²) in [5.74, 6) is -2.54. The quantitative estimate of drug-likeness (QED) is 0.0685. The topological polar surface area (TPSA) is 185 Å². The average Bonchev–Trinajstić information content (AvgIpc) is 1.77. The first kappa shape index (κ1) is 54.7. The number of ether oxygens (including phenoxy) is 5. The summed E-state index contributed by atoms with van der Waals surface area (Å²) >= 11 is 0. The summed E-state index contributed by atoms with van der Waals surface area (Å²) in [6.45, 7) is 16.9. The number of allylic oxidation sites excluding steroid dienone is 4. The van der Waals surface area contributed by atoms with E-state index in [1.165, 1.54) is 5.39 Å². The Balaban J connectivity index is 1.01. The van der Waals surface area contributed by atoms with E-state index < -0.39 is 83.5 Å². The van der Waals surface area contributed by atoms with Crippen LogP contribution in [0.3, 0.4) is 0 Å². The summed E-state index contributed by atoms with van der Waals surface area (Å²) in [5, 5.41) is 48.8. The van der Waals surface area contributed by atoms with Crippen LogP contribution in [0.1, 0.15) is 125 Å². The number of hydrogen-bond donors (Lipinski definition) is 4. The van der Waals surface area contributed by atoms with Crippen molar-refractivity contribution < 1.29 is 58.5 Å². The Kier molecular flexibility index (Phi) is 13.2. The number of ketones is 2. The van der Waals surface area contributed by atoms with E-state index in [4.69, 9.17) is 23.7 Å². The molecule has 7 unspecified atom stereocenters. The van der Waals surface area contributed by atoms with Gasteiger partial charge in [0.1, 0.15) is 52.8 Å². The van der Waals surface area contributed by atoms with Crippen molar-refractivity contribution >= 4 is 45.1 Å². The summed E-state index contributed by atoms with van der Waals surface area (Å²) in [6.07, 6.45) is 3.42. The van der Waals surface area contributed by atoms with Crippen LogP contribution < -0.4 is 14.2 Å². The first-order valence-corrected chi connectivity index (χ1v) is 29.2. The fourth-order valence-corrected chi connectivity index (χ4v) is 15.7. The number of benzene rings is 5. The molecule has 14 rings (SSSR count). The van der Waals surface area contributed by atoms with Gasteiger partial charge in [-0.15, -0.1) is 0 Å². The van der Waals surface area contributed by atoms with Crippen molar-refractivity contribution in [3.05, 3.63) is 153 Å². The van der Waals surface area contributed by atoms with E-state index in [1.54, 1.807) is 6.92 Å². The predicted octanol–water partition coefficient (Wildman–Crippen LogP) is 9.55. The van der Waals surface area contributed by atoms with Gasteiger partial charge in [0.05, 0.1) is 23.7 Å². The molecule has 4 N–H and O–H groups in total. The maximum absolute atomic E-state index is 17.3. The zero-order chi connectivity index (χ0) is 57.5. The van der Waals surface area contributed by atoms with Crippen LogP contribution in [-0.2, 0) is 51.7 Å². The van der Waals surface area contributed by atoms with Crippen LogP contribution in [0.25, 0.3) is 27.6 Å². The van der Waals surface area contributed by atoms with E-state index in [-0.39, 0.29) is 47.4 Å². The number of amides is 1. The highest BCUT2D eigenvalue weighted by atomic mass is 16.7. The van der Waals surface area contributed by atoms with Gasteiger partial charge >= 0.3 is 0 Å². The molecule has 14 heteroatoms. The third-order valence-electron chi connectivity index (χ3n) is 19.5. The van der Waals surface area contributed by atoms with E-state index in [0.29, 0.717) is 67.9 Å². The fourth-order valence-electron chi connectivity index (χ4n) is 15.7. The minimum absolute atomic E-state index is 0.0280. The molecule has 9 aliphatic rings. The van der Waals surface area contributed by atoms with Crippen LogP contribution in [-0.4, -0.2) is 113 Å². The van der Waals surface area contributed by atoms with E-state index in [2.05, 4.69) is 73.4 Å². The summed E-state index contributed by atoms with van der Waals surface area (Å²) in [4.78, 5) is 52.8. The van der Waals surface area contributed by atoms with Gasteiger partial charge in [-0.25, -0.2) is 0 Å². The molecule has 6 heterocycles. The van der Waals surface area contributed by atoms with Gasteiger partial charge < -0.3 is 49.0 Å². The number of fused-ring (bicyclic) bond motifs is 2. The van der Waals surface area contributed by atoms with Crippen molar-refractivity contribution in [2.45, 2.75) is 173 Å². The lowest BCUT2D eigenvalue weighted by atomic mass is 9.44. The minimum atomic E-state index is -1.82. The highest BCUT2D eigenvalue weighted by Crippen LogP contribution is 2.71. The minimum Gasteiger partial charge on any atom is -0.482 e. The molecule has 4 bridgehead atoms. The number of rotatable bonds is 12. The molecule has 6 aliphatic heterocycles. The Bertz CT molecular complexity index is 3560. The highest BCUT2D eigenvalue weighted by molar-refractivity contribution is 6.11. The predicted molar refractivity (Wildman–Crippen MR) is 310 cm³/mol. The normalized spacial score (nSPS) is 31.9. The second-order valence-corrected chi connectivity index (χ2v) is 25.7. The number of aliphatic hydroxyl groups is 4. The lowest BCUT2D eigenvalue weighted by molar-refractivity contribution is -0.277. The van der Waals surface area contributed by atoms with E-state index >= 15 is 9.59 Å². The zero-order valence-corrected chi connectivity index (χ0v) is 48.0. The van der Waals surface area contributed by atoms with Gasteiger partial charge in [0.2, 0.25) is 12.2 Å². The standard InChI is InChI=1S/C68H74N2O12/c1-36(2)14-13-27-66(8)28-26-46-59(80-66)45(24-23-37(3)4)61-52(60(46)79-64-58(75)57(74)55(72)48(35-71)78-64)56(73)53-54(69-31-41-19-9-15-39-16-10-20-42(32-69)50(39)41)47-30-49-65(6,7)82-67(62(47)76,68(49,53)81-61)29-25-38(5)63(77)70-33-43-21-11-17-40-18-12-22-44(34-70)51(40)43/h9-12,14-23,25-26,28,47-49,53-55,57-58,64,71-72,74-75H,13,24,27,29-35H2,1-8H3/b38-25-/t47?,48-,49?,53?,54?,55-,57+,58-,64+,66?,67?,68?/m1/s1. The van der Waals surface area contributed by atoms with Crippen LogP contribution in [0.15, 0.2) is 114 Å². The smallest absolute Gasteiger partial charge is 0.249 e. The SMILES string of the molecule is CC(C)=CCCC1(C)C=Cc2c(c(CC=C(C)C)c3c(c2O[C@@H]2O[C@H](CO)[C@@H](O)[C@H](O)[C@H]2O)C(=O)C2C(N4Cc5cccc6cccc(c56)C4)C4CC5C(C)(C)OC(C/C=C(/C)C(=O)N6Cc7cccc8cccc(c78)C6)(C4=O)C25O3)O1. The Morgan fingerprint density at radius 1 is 0.756 bits per heavy atom. The molecule has 0 radical (unpaired) electrons. The van der Waals surface area contributed by atoms with Gasteiger partial charge in [-0.2, -0.15) is 0 Å². The average molecular weight is 1110 g/mol. The first-order chi connectivity index (χ1) is 39.2. The van der Waals surface area contributed by atoms with Crippen molar-refractivity contribution in [1.82, 2.24) is 9.80 Å². The van der Waals surface area contributed by atoms with Gasteiger partial charge in [0.25, 0.3) is 0 Å². The van der Waals surface area contributed by atoms with E-state index in [0.717, 1.165) is 49.6 Å². The summed E-state index contributed by atoms with van der Waals surface area (Å²) in [7, 11) is 0. The third kappa shape index (κ3) is 8.24. The number of aliphatic hydroxyl groups excluding tert-OH is 4. The molecule has 5 aromatic rings. The molecule has 3 aliphatic carbocycles. The lowest BCUT2D eigenvalue weighted by Gasteiger charge is -2.64. The molecule has 12 atom stereocenters. The maximum Gasteiger partial charge on any atom is 0.249 e. The second-order valence-electron chi connectivity index (χ2n) is 25.7. The molecular formula is C68H74N2O12. The summed E-state index contributed by atoms with van der Waals surface area (Å²) in [6, 6.07) is 24.2. The van der Waals surface area contributed by atoms with Crippen molar-refractivity contribution in [2.75, 3.05) is 6.61 Å². The van der Waals surface area contributed by atoms with Crippen LogP contribution >= 0.6 is 0 Å². The Labute approximate surface area is 478 Å². The van der Waals surface area contributed by atoms with E-state index in [1.807, 2.05) is 88.1 Å². The van der Waals surface area contributed by atoms with Crippen LogP contribution in [0.4, 0.5) is 0 Å². The fraction of sp³-hybridized carbons (Fsp3) is 0.456.